The molecule has 3 rings (SSSR count). The Hall–Kier alpha value is -2.69. The molecule has 1 aliphatic heterocycles. The van der Waals surface area contributed by atoms with Crippen LogP contribution >= 0.6 is 0 Å². The smallest absolute Gasteiger partial charge is 0.260 e. The zero-order chi connectivity index (χ0) is 21.7. The third-order valence-corrected chi connectivity index (χ3v) is 5.66. The Balaban J connectivity index is 1.49. The Labute approximate surface area is 180 Å². The quantitative estimate of drug-likeness (QED) is 0.759. The lowest BCUT2D eigenvalue weighted by atomic mass is 9.87. The van der Waals surface area contributed by atoms with Crippen molar-refractivity contribution >= 4 is 11.6 Å². The minimum absolute atomic E-state index is 0.0444. The van der Waals surface area contributed by atoms with Gasteiger partial charge >= 0.3 is 0 Å². The molecule has 30 heavy (non-hydrogen) atoms. The number of carbonyl (C=O) groups excluding carboxylic acids is 1. The molecule has 0 radical (unpaired) electrons. The van der Waals surface area contributed by atoms with Gasteiger partial charge in [-0.15, -0.1) is 0 Å². The van der Waals surface area contributed by atoms with Crippen LogP contribution in [0.15, 0.2) is 48.5 Å². The van der Waals surface area contributed by atoms with Gasteiger partial charge in [-0.25, -0.2) is 0 Å². The summed E-state index contributed by atoms with van der Waals surface area (Å²) in [6, 6.07) is 16.3. The summed E-state index contributed by atoms with van der Waals surface area (Å²) in [6.07, 6.45) is 1.31. The van der Waals surface area contributed by atoms with E-state index >= 15 is 0 Å². The predicted molar refractivity (Wildman–Crippen MR) is 122 cm³/mol. The summed E-state index contributed by atoms with van der Waals surface area (Å²) in [7, 11) is 1.68. The maximum Gasteiger partial charge on any atom is 0.260 e. The highest BCUT2D eigenvalue weighted by atomic mass is 16.5. The standard InChI is InChI=1S/C25H34N2O3/c1-18(30-23-8-6-7-19(17-23)25(2,3)4)24(28)26-20-13-15-27(16-14-20)21-9-11-22(29-5)12-10-21/h6-12,17-18,20H,13-16H2,1-5H3,(H,26,28). The second-order valence-corrected chi connectivity index (χ2v) is 9.01. The largest absolute Gasteiger partial charge is 0.497 e. The monoisotopic (exact) mass is 410 g/mol. The first-order chi connectivity index (χ1) is 14.3. The van der Waals surface area contributed by atoms with Crippen LogP contribution in [0.2, 0.25) is 0 Å². The Bertz CT molecular complexity index is 834. The van der Waals surface area contributed by atoms with Gasteiger partial charge in [0.25, 0.3) is 5.91 Å². The highest BCUT2D eigenvalue weighted by molar-refractivity contribution is 5.81. The molecular formula is C25H34N2O3. The number of piperidine rings is 1. The van der Waals surface area contributed by atoms with Crippen LogP contribution in [0, 0.1) is 0 Å². The van der Waals surface area contributed by atoms with Crippen LogP contribution in [-0.4, -0.2) is 38.3 Å². The number of ether oxygens (including phenoxy) is 2. The van der Waals surface area contributed by atoms with Gasteiger partial charge in [-0.1, -0.05) is 32.9 Å². The van der Waals surface area contributed by atoms with Gasteiger partial charge in [0, 0.05) is 24.8 Å². The fourth-order valence-electron chi connectivity index (χ4n) is 3.69. The van der Waals surface area contributed by atoms with Gasteiger partial charge < -0.3 is 19.7 Å². The third-order valence-electron chi connectivity index (χ3n) is 5.66. The van der Waals surface area contributed by atoms with Crippen LogP contribution in [0.25, 0.3) is 0 Å². The predicted octanol–water partition coefficient (Wildman–Crippen LogP) is 4.55. The summed E-state index contributed by atoms with van der Waals surface area (Å²) in [5.41, 5.74) is 2.43. The molecule has 2 aromatic carbocycles. The van der Waals surface area contributed by atoms with Gasteiger partial charge in [-0.05, 0) is 67.1 Å². The molecule has 162 valence electrons. The molecule has 1 atom stereocenters. The molecule has 0 bridgehead atoms. The molecule has 0 spiro atoms. The first-order valence-corrected chi connectivity index (χ1v) is 10.7. The molecule has 5 nitrogen and oxygen atoms in total. The summed E-state index contributed by atoms with van der Waals surface area (Å²) in [6.45, 7) is 10.1. The van der Waals surface area contributed by atoms with E-state index in [0.29, 0.717) is 0 Å². The van der Waals surface area contributed by atoms with Crippen molar-refractivity contribution in [2.75, 3.05) is 25.1 Å². The summed E-state index contributed by atoms with van der Waals surface area (Å²) < 4.78 is 11.2. The lowest BCUT2D eigenvalue weighted by molar-refractivity contribution is -0.128. The lowest BCUT2D eigenvalue weighted by Gasteiger charge is -2.34. The van der Waals surface area contributed by atoms with Crippen molar-refractivity contribution < 1.29 is 14.3 Å². The van der Waals surface area contributed by atoms with Gasteiger partial charge in [0.1, 0.15) is 11.5 Å². The number of nitrogens with one attached hydrogen (secondary N) is 1. The average Bonchev–Trinajstić information content (AvgIpc) is 2.74. The van der Waals surface area contributed by atoms with Crippen LogP contribution in [-0.2, 0) is 10.2 Å². The van der Waals surface area contributed by atoms with Crippen LogP contribution in [0.4, 0.5) is 5.69 Å². The first-order valence-electron chi connectivity index (χ1n) is 10.7. The normalized spacial score (nSPS) is 16.1. The molecule has 2 aromatic rings. The number of methoxy groups -OCH3 is 1. The number of nitrogens with zero attached hydrogens (tertiary/aromatic N) is 1. The molecule has 5 heteroatoms. The zero-order valence-corrected chi connectivity index (χ0v) is 18.8. The van der Waals surface area contributed by atoms with E-state index in [1.165, 1.54) is 11.3 Å². The SMILES string of the molecule is COc1ccc(N2CCC(NC(=O)C(C)Oc3cccc(C(C)(C)C)c3)CC2)cc1. The van der Waals surface area contributed by atoms with E-state index in [0.717, 1.165) is 37.4 Å². The van der Waals surface area contributed by atoms with E-state index in [9.17, 15) is 4.79 Å². The van der Waals surface area contributed by atoms with E-state index in [-0.39, 0.29) is 17.4 Å². The van der Waals surface area contributed by atoms with Gasteiger partial charge in [-0.2, -0.15) is 0 Å². The number of benzene rings is 2. The van der Waals surface area contributed by atoms with Gasteiger partial charge in [-0.3, -0.25) is 4.79 Å². The number of carbonyl (C=O) groups is 1. The van der Waals surface area contributed by atoms with E-state index in [4.69, 9.17) is 9.47 Å². The first kappa shape index (κ1) is 22.0. The molecule has 0 aromatic heterocycles. The van der Waals surface area contributed by atoms with Crippen molar-refractivity contribution in [3.05, 3.63) is 54.1 Å². The third kappa shape index (κ3) is 5.68. The maximum absolute atomic E-state index is 12.7. The van der Waals surface area contributed by atoms with E-state index in [2.05, 4.69) is 49.2 Å². The van der Waals surface area contributed by atoms with E-state index in [1.807, 2.05) is 37.3 Å². The fourth-order valence-corrected chi connectivity index (χ4v) is 3.69. The van der Waals surface area contributed by atoms with E-state index < -0.39 is 6.10 Å². The van der Waals surface area contributed by atoms with Crippen molar-refractivity contribution in [2.45, 2.75) is 58.1 Å². The van der Waals surface area contributed by atoms with Crippen molar-refractivity contribution in [1.82, 2.24) is 5.32 Å². The number of rotatable bonds is 6. The number of hydrogen-bond donors (Lipinski definition) is 1. The molecule has 1 aliphatic rings. The summed E-state index contributed by atoms with van der Waals surface area (Å²) in [4.78, 5) is 15.0. The number of amides is 1. The molecule has 1 unspecified atom stereocenters. The summed E-state index contributed by atoms with van der Waals surface area (Å²) in [5.74, 6) is 1.54. The van der Waals surface area contributed by atoms with E-state index in [1.54, 1.807) is 7.11 Å². The summed E-state index contributed by atoms with van der Waals surface area (Å²) in [5, 5.41) is 3.16. The highest BCUT2D eigenvalue weighted by Crippen LogP contribution is 2.26. The van der Waals surface area contributed by atoms with Crippen LogP contribution < -0.4 is 19.7 Å². The molecular weight excluding hydrogens is 376 g/mol. The Morgan fingerprint density at radius 3 is 2.33 bits per heavy atom. The molecule has 1 heterocycles. The molecule has 1 N–H and O–H groups in total. The van der Waals surface area contributed by atoms with Crippen LogP contribution in [0.1, 0.15) is 46.1 Å². The average molecular weight is 411 g/mol. The summed E-state index contributed by atoms with van der Waals surface area (Å²) >= 11 is 0. The van der Waals surface area contributed by atoms with Crippen LogP contribution in [0.5, 0.6) is 11.5 Å². The molecule has 1 fully saturated rings. The number of anilines is 1. The van der Waals surface area contributed by atoms with Crippen LogP contribution in [0.3, 0.4) is 0 Å². The van der Waals surface area contributed by atoms with Gasteiger partial charge in [0.2, 0.25) is 0 Å². The second kappa shape index (κ2) is 9.41. The minimum Gasteiger partial charge on any atom is -0.497 e. The van der Waals surface area contributed by atoms with Crippen molar-refractivity contribution in [1.29, 1.82) is 0 Å². The fraction of sp³-hybridized carbons (Fsp3) is 0.480. The molecule has 1 amide bonds. The Morgan fingerprint density at radius 2 is 1.73 bits per heavy atom. The van der Waals surface area contributed by atoms with Crippen molar-refractivity contribution in [3.8, 4) is 11.5 Å². The second-order valence-electron chi connectivity index (χ2n) is 9.01. The molecule has 0 saturated carbocycles. The Morgan fingerprint density at radius 1 is 1.07 bits per heavy atom. The van der Waals surface area contributed by atoms with Gasteiger partial charge in [0.05, 0.1) is 7.11 Å². The van der Waals surface area contributed by atoms with Crippen molar-refractivity contribution in [2.24, 2.45) is 0 Å². The molecule has 1 saturated heterocycles. The number of hydrogen-bond acceptors (Lipinski definition) is 4. The lowest BCUT2D eigenvalue weighted by Crippen LogP contribution is -2.48. The zero-order valence-electron chi connectivity index (χ0n) is 18.8. The topological polar surface area (TPSA) is 50.8 Å². The Kier molecular flexibility index (Phi) is 6.91. The van der Waals surface area contributed by atoms with Crippen molar-refractivity contribution in [3.63, 3.8) is 0 Å². The minimum atomic E-state index is -0.528. The van der Waals surface area contributed by atoms with Gasteiger partial charge in [0.15, 0.2) is 6.10 Å². The highest BCUT2D eigenvalue weighted by Gasteiger charge is 2.24. The molecule has 0 aliphatic carbocycles. The maximum atomic E-state index is 12.7.